The van der Waals surface area contributed by atoms with Crippen molar-refractivity contribution in [2.24, 2.45) is 0 Å². The molecular formula is C26H29N3O2. The molecule has 0 aliphatic heterocycles. The van der Waals surface area contributed by atoms with Gasteiger partial charge in [-0.25, -0.2) is 0 Å². The Labute approximate surface area is 184 Å². The largest absolute Gasteiger partial charge is 0.351 e. The van der Waals surface area contributed by atoms with Gasteiger partial charge in [0.05, 0.1) is 0 Å². The lowest BCUT2D eigenvalue weighted by molar-refractivity contribution is 0.0721. The minimum absolute atomic E-state index is 0.00702. The van der Waals surface area contributed by atoms with Crippen LogP contribution in [-0.4, -0.2) is 41.3 Å². The number of rotatable bonds is 8. The second kappa shape index (κ2) is 10.5. The van der Waals surface area contributed by atoms with Gasteiger partial charge in [0.25, 0.3) is 11.8 Å². The van der Waals surface area contributed by atoms with Crippen molar-refractivity contribution in [1.82, 2.24) is 15.2 Å². The third-order valence-electron chi connectivity index (χ3n) is 5.54. The SMILES string of the molecule is Cc1cccc(C)c1C(=O)N(C)[C@H](CCNC(=O)c1ccccn1)Cc1ccccc1. The van der Waals surface area contributed by atoms with Crippen molar-refractivity contribution in [3.8, 4) is 0 Å². The summed E-state index contributed by atoms with van der Waals surface area (Å²) in [4.78, 5) is 31.6. The molecule has 0 unspecified atom stereocenters. The van der Waals surface area contributed by atoms with Gasteiger partial charge < -0.3 is 10.2 Å². The number of pyridine rings is 1. The van der Waals surface area contributed by atoms with Gasteiger partial charge in [-0.3, -0.25) is 14.6 Å². The van der Waals surface area contributed by atoms with Crippen molar-refractivity contribution < 1.29 is 9.59 Å². The van der Waals surface area contributed by atoms with Gasteiger partial charge in [-0.1, -0.05) is 54.6 Å². The smallest absolute Gasteiger partial charge is 0.269 e. The van der Waals surface area contributed by atoms with Crippen molar-refractivity contribution >= 4 is 11.8 Å². The number of aryl methyl sites for hydroxylation is 2. The minimum Gasteiger partial charge on any atom is -0.351 e. The molecule has 0 saturated carbocycles. The third-order valence-corrected chi connectivity index (χ3v) is 5.54. The molecule has 0 aliphatic rings. The highest BCUT2D eigenvalue weighted by molar-refractivity contribution is 5.97. The number of carbonyl (C=O) groups excluding carboxylic acids is 2. The number of likely N-dealkylation sites (N-methyl/N-ethyl adjacent to an activating group) is 1. The number of aromatic nitrogens is 1. The molecular weight excluding hydrogens is 386 g/mol. The van der Waals surface area contributed by atoms with E-state index in [1.54, 1.807) is 24.4 Å². The van der Waals surface area contributed by atoms with Crippen LogP contribution in [0.4, 0.5) is 0 Å². The van der Waals surface area contributed by atoms with E-state index < -0.39 is 0 Å². The predicted molar refractivity (Wildman–Crippen MR) is 123 cm³/mol. The van der Waals surface area contributed by atoms with Crippen LogP contribution in [-0.2, 0) is 6.42 Å². The average molecular weight is 416 g/mol. The first-order valence-electron chi connectivity index (χ1n) is 10.5. The van der Waals surface area contributed by atoms with Gasteiger partial charge in [-0.2, -0.15) is 0 Å². The number of benzene rings is 2. The lowest BCUT2D eigenvalue weighted by Crippen LogP contribution is -2.41. The fourth-order valence-corrected chi connectivity index (χ4v) is 3.75. The van der Waals surface area contributed by atoms with Crippen molar-refractivity contribution in [3.05, 3.63) is 101 Å². The molecule has 2 amide bonds. The van der Waals surface area contributed by atoms with Crippen LogP contribution in [0.15, 0.2) is 72.9 Å². The quantitative estimate of drug-likeness (QED) is 0.600. The molecule has 0 saturated heterocycles. The van der Waals surface area contributed by atoms with Gasteiger partial charge in [0.2, 0.25) is 0 Å². The zero-order valence-electron chi connectivity index (χ0n) is 18.3. The van der Waals surface area contributed by atoms with Crippen LogP contribution in [0, 0.1) is 13.8 Å². The molecule has 5 heteroatoms. The fourth-order valence-electron chi connectivity index (χ4n) is 3.75. The summed E-state index contributed by atoms with van der Waals surface area (Å²) in [5.41, 5.74) is 4.24. The molecule has 3 aromatic rings. The van der Waals surface area contributed by atoms with Crippen LogP contribution in [0.2, 0.25) is 0 Å². The molecule has 0 spiro atoms. The Hall–Kier alpha value is -3.47. The van der Waals surface area contributed by atoms with Gasteiger partial charge in [0.15, 0.2) is 0 Å². The van der Waals surface area contributed by atoms with Crippen molar-refractivity contribution in [2.45, 2.75) is 32.7 Å². The summed E-state index contributed by atoms with van der Waals surface area (Å²) in [6.07, 6.45) is 2.96. The van der Waals surface area contributed by atoms with E-state index in [9.17, 15) is 9.59 Å². The first-order valence-corrected chi connectivity index (χ1v) is 10.5. The van der Waals surface area contributed by atoms with Gasteiger partial charge in [-0.05, 0) is 55.5 Å². The van der Waals surface area contributed by atoms with Crippen LogP contribution in [0.25, 0.3) is 0 Å². The van der Waals surface area contributed by atoms with E-state index in [4.69, 9.17) is 0 Å². The fraction of sp³-hybridized carbons (Fsp3) is 0.269. The van der Waals surface area contributed by atoms with Crippen molar-refractivity contribution in [2.75, 3.05) is 13.6 Å². The Morgan fingerprint density at radius 3 is 2.26 bits per heavy atom. The van der Waals surface area contributed by atoms with Gasteiger partial charge >= 0.3 is 0 Å². The van der Waals surface area contributed by atoms with Gasteiger partial charge in [0.1, 0.15) is 5.69 Å². The van der Waals surface area contributed by atoms with Crippen LogP contribution in [0.5, 0.6) is 0 Å². The third kappa shape index (κ3) is 5.79. The molecule has 1 aromatic heterocycles. The average Bonchev–Trinajstić information content (AvgIpc) is 2.79. The summed E-state index contributed by atoms with van der Waals surface area (Å²) >= 11 is 0. The van der Waals surface area contributed by atoms with Crippen molar-refractivity contribution in [3.63, 3.8) is 0 Å². The molecule has 2 aromatic carbocycles. The van der Waals surface area contributed by atoms with E-state index in [1.165, 1.54) is 0 Å². The number of nitrogens with one attached hydrogen (secondary N) is 1. The van der Waals surface area contributed by atoms with E-state index >= 15 is 0 Å². The molecule has 0 radical (unpaired) electrons. The van der Waals surface area contributed by atoms with Crippen LogP contribution < -0.4 is 5.32 Å². The summed E-state index contributed by atoms with van der Waals surface area (Å²) in [6.45, 7) is 4.39. The second-order valence-corrected chi connectivity index (χ2v) is 7.79. The molecule has 1 heterocycles. The number of hydrogen-bond donors (Lipinski definition) is 1. The van der Waals surface area contributed by atoms with E-state index in [2.05, 4.69) is 22.4 Å². The Bertz CT molecular complexity index is 999. The summed E-state index contributed by atoms with van der Waals surface area (Å²) in [5.74, 6) is -0.199. The standard InChI is InChI=1S/C26H29N3O2/c1-19-10-9-11-20(2)24(19)26(31)29(3)22(18-21-12-5-4-6-13-21)15-17-28-25(30)23-14-7-8-16-27-23/h4-14,16,22H,15,17-18H2,1-3H3,(H,28,30)/t22-/m1/s1. The summed E-state index contributed by atoms with van der Waals surface area (Å²) in [6, 6.07) is 21.2. The molecule has 5 nitrogen and oxygen atoms in total. The van der Waals surface area contributed by atoms with Crippen LogP contribution >= 0.6 is 0 Å². The number of hydrogen-bond acceptors (Lipinski definition) is 3. The van der Waals surface area contributed by atoms with E-state index in [1.807, 2.05) is 62.2 Å². The van der Waals surface area contributed by atoms with Crippen LogP contribution in [0.1, 0.15) is 44.0 Å². The highest BCUT2D eigenvalue weighted by atomic mass is 16.2. The number of nitrogens with zero attached hydrogens (tertiary/aromatic N) is 2. The maximum Gasteiger partial charge on any atom is 0.269 e. The first kappa shape index (κ1) is 22.2. The zero-order valence-corrected chi connectivity index (χ0v) is 18.3. The lowest BCUT2D eigenvalue weighted by atomic mass is 9.98. The Morgan fingerprint density at radius 2 is 1.61 bits per heavy atom. The number of carbonyl (C=O) groups is 2. The molecule has 1 atom stereocenters. The summed E-state index contributed by atoms with van der Waals surface area (Å²) < 4.78 is 0. The minimum atomic E-state index is -0.206. The Balaban J connectivity index is 1.74. The Morgan fingerprint density at radius 1 is 0.935 bits per heavy atom. The van der Waals surface area contributed by atoms with Gasteiger partial charge in [-0.15, -0.1) is 0 Å². The normalized spacial score (nSPS) is 11.6. The zero-order chi connectivity index (χ0) is 22.2. The first-order chi connectivity index (χ1) is 15.0. The topological polar surface area (TPSA) is 62.3 Å². The van der Waals surface area contributed by atoms with Gasteiger partial charge in [0, 0.05) is 31.4 Å². The predicted octanol–water partition coefficient (Wildman–Crippen LogP) is 4.20. The summed E-state index contributed by atoms with van der Waals surface area (Å²) in [7, 11) is 1.85. The molecule has 3 rings (SSSR count). The lowest BCUT2D eigenvalue weighted by Gasteiger charge is -2.30. The van der Waals surface area contributed by atoms with Crippen molar-refractivity contribution in [1.29, 1.82) is 0 Å². The maximum absolute atomic E-state index is 13.4. The molecule has 0 bridgehead atoms. The Kier molecular flexibility index (Phi) is 7.55. The molecule has 160 valence electrons. The van der Waals surface area contributed by atoms with E-state index in [-0.39, 0.29) is 17.9 Å². The van der Waals surface area contributed by atoms with E-state index in [0.29, 0.717) is 25.1 Å². The molecule has 0 aliphatic carbocycles. The second-order valence-electron chi connectivity index (χ2n) is 7.79. The maximum atomic E-state index is 13.4. The molecule has 1 N–H and O–H groups in total. The molecule has 0 fully saturated rings. The monoisotopic (exact) mass is 415 g/mol. The summed E-state index contributed by atoms with van der Waals surface area (Å²) in [5, 5.41) is 2.93. The highest BCUT2D eigenvalue weighted by Gasteiger charge is 2.24. The number of amides is 2. The van der Waals surface area contributed by atoms with Crippen LogP contribution in [0.3, 0.4) is 0 Å². The molecule has 31 heavy (non-hydrogen) atoms. The highest BCUT2D eigenvalue weighted by Crippen LogP contribution is 2.19. The van der Waals surface area contributed by atoms with E-state index in [0.717, 1.165) is 22.3 Å².